The summed E-state index contributed by atoms with van der Waals surface area (Å²) >= 11 is 7.35. The molecule has 3 rings (SSSR count). The molecule has 0 spiro atoms. The van der Waals surface area contributed by atoms with E-state index in [-0.39, 0.29) is 11.2 Å². The first-order valence-corrected chi connectivity index (χ1v) is 10.1. The molecule has 0 fully saturated rings. The molecule has 3 aromatic rings. The van der Waals surface area contributed by atoms with Crippen molar-refractivity contribution >= 4 is 40.6 Å². The predicted molar refractivity (Wildman–Crippen MR) is 118 cm³/mol. The van der Waals surface area contributed by atoms with Crippen LogP contribution in [-0.4, -0.2) is 47.5 Å². The van der Waals surface area contributed by atoms with Crippen LogP contribution in [0.4, 0.5) is 11.4 Å². The molecule has 1 amide bonds. The molecule has 0 unspecified atom stereocenters. The summed E-state index contributed by atoms with van der Waals surface area (Å²) < 4.78 is 5.35. The fraction of sp³-hybridized carbons (Fsp3) is 0.250. The monoisotopic (exact) mass is 431 g/mol. The van der Waals surface area contributed by atoms with Gasteiger partial charge in [0.2, 0.25) is 11.1 Å². The number of aromatic amines is 1. The highest BCUT2D eigenvalue weighted by atomic mass is 35.5. The zero-order chi connectivity index (χ0) is 21.0. The average molecular weight is 432 g/mol. The quantitative estimate of drug-likeness (QED) is 0.542. The minimum Gasteiger partial charge on any atom is -0.496 e. The minimum absolute atomic E-state index is 0.126. The average Bonchev–Trinajstić information content (AvgIpc) is 3.16. The fourth-order valence-corrected chi connectivity index (χ4v) is 3.48. The number of rotatable bonds is 7. The zero-order valence-corrected chi connectivity index (χ0v) is 18.1. The standard InChI is InChI=1S/C20H22ClN5O2S/c1-12(19(27)22-14-6-8-15(9-7-14)26(2)3)29-20-23-18(24-25-20)16-11-13(21)5-10-17(16)28-4/h5-12H,1-4H3,(H,22,27)(H,23,24,25)/t12-/m0/s1. The Labute approximate surface area is 178 Å². The number of halogens is 1. The number of anilines is 2. The number of hydrogen-bond acceptors (Lipinski definition) is 6. The van der Waals surface area contributed by atoms with E-state index in [1.165, 1.54) is 11.8 Å². The first-order valence-electron chi connectivity index (χ1n) is 8.88. The lowest BCUT2D eigenvalue weighted by Crippen LogP contribution is -2.22. The Hall–Kier alpha value is -2.71. The van der Waals surface area contributed by atoms with Crippen LogP contribution in [0.5, 0.6) is 5.75 Å². The molecular formula is C20H22ClN5O2S. The van der Waals surface area contributed by atoms with E-state index in [2.05, 4.69) is 20.5 Å². The van der Waals surface area contributed by atoms with Crippen LogP contribution in [0, 0.1) is 0 Å². The zero-order valence-electron chi connectivity index (χ0n) is 16.6. The van der Waals surface area contributed by atoms with Crippen LogP contribution in [0.1, 0.15) is 6.92 Å². The Morgan fingerprint density at radius 3 is 2.62 bits per heavy atom. The lowest BCUT2D eigenvalue weighted by molar-refractivity contribution is -0.115. The third-order valence-corrected chi connectivity index (χ3v) is 5.38. The third kappa shape index (κ3) is 5.21. The van der Waals surface area contributed by atoms with Gasteiger partial charge in [-0.1, -0.05) is 23.4 Å². The Morgan fingerprint density at radius 2 is 1.97 bits per heavy atom. The SMILES string of the molecule is COc1ccc(Cl)cc1-c1nc(S[C@@H](C)C(=O)Nc2ccc(N(C)C)cc2)n[nH]1. The molecule has 0 aliphatic rings. The van der Waals surface area contributed by atoms with Crippen LogP contribution < -0.4 is 15.0 Å². The number of hydrogen-bond donors (Lipinski definition) is 2. The smallest absolute Gasteiger partial charge is 0.237 e. The van der Waals surface area contributed by atoms with Crippen molar-refractivity contribution < 1.29 is 9.53 Å². The number of carbonyl (C=O) groups is 1. The van der Waals surface area contributed by atoms with Crippen molar-refractivity contribution in [3.8, 4) is 17.1 Å². The van der Waals surface area contributed by atoms with E-state index in [0.29, 0.717) is 27.3 Å². The Morgan fingerprint density at radius 1 is 1.24 bits per heavy atom. The van der Waals surface area contributed by atoms with Crippen molar-refractivity contribution in [2.75, 3.05) is 31.4 Å². The summed E-state index contributed by atoms with van der Waals surface area (Å²) in [4.78, 5) is 19.0. The van der Waals surface area contributed by atoms with Gasteiger partial charge in [-0.15, -0.1) is 5.10 Å². The van der Waals surface area contributed by atoms with Crippen molar-refractivity contribution in [1.29, 1.82) is 0 Å². The highest BCUT2D eigenvalue weighted by Gasteiger charge is 2.19. The lowest BCUT2D eigenvalue weighted by atomic mass is 10.2. The Kier molecular flexibility index (Phi) is 6.66. The number of nitrogens with zero attached hydrogens (tertiary/aromatic N) is 3. The number of amides is 1. The van der Waals surface area contributed by atoms with Crippen molar-refractivity contribution in [3.05, 3.63) is 47.5 Å². The van der Waals surface area contributed by atoms with Gasteiger partial charge in [0.05, 0.1) is 17.9 Å². The first kappa shape index (κ1) is 21.0. The van der Waals surface area contributed by atoms with Crippen molar-refractivity contribution in [2.24, 2.45) is 0 Å². The second-order valence-corrected chi connectivity index (χ2v) is 8.25. The molecule has 7 nitrogen and oxygen atoms in total. The lowest BCUT2D eigenvalue weighted by Gasteiger charge is -2.14. The van der Waals surface area contributed by atoms with E-state index >= 15 is 0 Å². The number of thioether (sulfide) groups is 1. The summed E-state index contributed by atoms with van der Waals surface area (Å²) in [7, 11) is 5.52. The Balaban J connectivity index is 1.66. The molecule has 0 radical (unpaired) electrons. The maximum absolute atomic E-state index is 12.5. The van der Waals surface area contributed by atoms with Crippen molar-refractivity contribution in [3.63, 3.8) is 0 Å². The van der Waals surface area contributed by atoms with Gasteiger partial charge in [0.15, 0.2) is 5.82 Å². The molecule has 0 aliphatic carbocycles. The number of carbonyl (C=O) groups excluding carboxylic acids is 1. The number of nitrogens with one attached hydrogen (secondary N) is 2. The maximum Gasteiger partial charge on any atom is 0.237 e. The van der Waals surface area contributed by atoms with E-state index in [4.69, 9.17) is 16.3 Å². The van der Waals surface area contributed by atoms with E-state index in [1.54, 1.807) is 25.3 Å². The van der Waals surface area contributed by atoms with Crippen molar-refractivity contribution in [1.82, 2.24) is 15.2 Å². The number of aromatic nitrogens is 3. The summed E-state index contributed by atoms with van der Waals surface area (Å²) in [6.07, 6.45) is 0. The second-order valence-electron chi connectivity index (χ2n) is 6.50. The van der Waals surface area contributed by atoms with Crippen LogP contribution in [-0.2, 0) is 4.79 Å². The van der Waals surface area contributed by atoms with E-state index in [1.807, 2.05) is 50.2 Å². The molecule has 152 valence electrons. The second kappa shape index (κ2) is 9.19. The van der Waals surface area contributed by atoms with Gasteiger partial charge in [0.1, 0.15) is 5.75 Å². The highest BCUT2D eigenvalue weighted by Crippen LogP contribution is 2.31. The molecule has 29 heavy (non-hydrogen) atoms. The summed E-state index contributed by atoms with van der Waals surface area (Å²) in [5, 5.41) is 10.6. The van der Waals surface area contributed by atoms with Gasteiger partial charge in [0.25, 0.3) is 0 Å². The van der Waals surface area contributed by atoms with E-state index in [0.717, 1.165) is 11.4 Å². The van der Waals surface area contributed by atoms with E-state index in [9.17, 15) is 4.79 Å². The molecule has 2 N–H and O–H groups in total. The number of methoxy groups -OCH3 is 1. The van der Waals surface area contributed by atoms with E-state index < -0.39 is 0 Å². The Bertz CT molecular complexity index is 991. The predicted octanol–water partition coefficient (Wildman–Crippen LogP) is 4.32. The van der Waals surface area contributed by atoms with Crippen LogP contribution in [0.25, 0.3) is 11.4 Å². The maximum atomic E-state index is 12.5. The summed E-state index contributed by atoms with van der Waals surface area (Å²) in [6, 6.07) is 12.9. The number of benzene rings is 2. The van der Waals surface area contributed by atoms with Crippen LogP contribution in [0.2, 0.25) is 5.02 Å². The molecule has 9 heteroatoms. The molecule has 0 saturated carbocycles. The molecule has 0 bridgehead atoms. The first-order chi connectivity index (χ1) is 13.9. The van der Waals surface area contributed by atoms with Crippen molar-refractivity contribution in [2.45, 2.75) is 17.3 Å². The minimum atomic E-state index is -0.381. The normalized spacial score (nSPS) is 11.8. The molecule has 2 aromatic carbocycles. The van der Waals surface area contributed by atoms with Gasteiger partial charge in [0, 0.05) is 30.5 Å². The van der Waals surface area contributed by atoms with Gasteiger partial charge in [-0.25, -0.2) is 4.98 Å². The highest BCUT2D eigenvalue weighted by molar-refractivity contribution is 8.00. The van der Waals surface area contributed by atoms with Crippen LogP contribution in [0.3, 0.4) is 0 Å². The molecule has 1 atom stereocenters. The largest absolute Gasteiger partial charge is 0.496 e. The molecule has 0 saturated heterocycles. The van der Waals surface area contributed by atoms with Gasteiger partial charge in [-0.05, 0) is 49.4 Å². The van der Waals surface area contributed by atoms with Gasteiger partial charge >= 0.3 is 0 Å². The summed E-state index contributed by atoms with van der Waals surface area (Å²) in [5.74, 6) is 1.03. The fourth-order valence-electron chi connectivity index (χ4n) is 2.58. The summed E-state index contributed by atoms with van der Waals surface area (Å²) in [5.41, 5.74) is 2.51. The molecule has 1 aromatic heterocycles. The van der Waals surface area contributed by atoms with Gasteiger partial charge in [-0.3, -0.25) is 9.89 Å². The summed E-state index contributed by atoms with van der Waals surface area (Å²) in [6.45, 7) is 1.81. The van der Waals surface area contributed by atoms with Gasteiger partial charge in [-0.2, -0.15) is 0 Å². The third-order valence-electron chi connectivity index (χ3n) is 4.18. The molecule has 1 heterocycles. The molecular weight excluding hydrogens is 410 g/mol. The number of ether oxygens (including phenoxy) is 1. The van der Waals surface area contributed by atoms with Gasteiger partial charge < -0.3 is 15.0 Å². The van der Waals surface area contributed by atoms with Crippen LogP contribution in [0.15, 0.2) is 47.6 Å². The van der Waals surface area contributed by atoms with Crippen LogP contribution >= 0.6 is 23.4 Å². The molecule has 0 aliphatic heterocycles. The number of H-pyrrole nitrogens is 1. The topological polar surface area (TPSA) is 83.1 Å².